The number of carbonyl (C=O) groups is 1. The van der Waals surface area contributed by atoms with Crippen molar-refractivity contribution in [3.63, 3.8) is 0 Å². The summed E-state index contributed by atoms with van der Waals surface area (Å²) in [6.45, 7) is 0.517. The van der Waals surface area contributed by atoms with Crippen LogP contribution >= 0.6 is 23.1 Å². The minimum absolute atomic E-state index is 0.00592. The van der Waals surface area contributed by atoms with Gasteiger partial charge in [-0.05, 0) is 17.5 Å². The molecule has 3 aromatic rings. The fourth-order valence-corrected chi connectivity index (χ4v) is 3.30. The second-order valence-corrected chi connectivity index (χ2v) is 6.64. The number of H-pyrrole nitrogens is 1. The largest absolute Gasteiger partial charge is 0.350 e. The Morgan fingerprint density at radius 1 is 1.43 bits per heavy atom. The molecule has 23 heavy (non-hydrogen) atoms. The van der Waals surface area contributed by atoms with E-state index < -0.39 is 4.92 Å². The molecule has 0 spiro atoms. The number of nitrogens with zero attached hydrogens (tertiary/aromatic N) is 2. The zero-order valence-electron chi connectivity index (χ0n) is 11.8. The maximum Gasteiger partial charge on any atom is 0.271 e. The second kappa shape index (κ2) is 6.80. The van der Waals surface area contributed by atoms with E-state index >= 15 is 0 Å². The molecule has 1 aromatic carbocycles. The fraction of sp³-hybridized carbons (Fsp3) is 0.143. The highest BCUT2D eigenvalue weighted by molar-refractivity contribution is 7.99. The van der Waals surface area contributed by atoms with Gasteiger partial charge in [0.15, 0.2) is 5.16 Å². The number of nitrogens with one attached hydrogen (secondary N) is 2. The van der Waals surface area contributed by atoms with Gasteiger partial charge in [0, 0.05) is 17.0 Å². The molecule has 0 atom stereocenters. The Labute approximate surface area is 139 Å². The zero-order valence-corrected chi connectivity index (χ0v) is 13.4. The molecule has 0 saturated heterocycles. The van der Waals surface area contributed by atoms with Gasteiger partial charge in [-0.3, -0.25) is 14.9 Å². The van der Waals surface area contributed by atoms with Crippen molar-refractivity contribution < 1.29 is 9.72 Å². The molecule has 3 rings (SSSR count). The summed E-state index contributed by atoms with van der Waals surface area (Å²) in [5.41, 5.74) is 1.23. The minimum atomic E-state index is -0.453. The molecule has 1 amide bonds. The molecule has 0 aliphatic heterocycles. The Morgan fingerprint density at radius 3 is 3.04 bits per heavy atom. The predicted octanol–water partition coefficient (Wildman–Crippen LogP) is 2.94. The van der Waals surface area contributed by atoms with Crippen LogP contribution in [0.25, 0.3) is 11.0 Å². The van der Waals surface area contributed by atoms with Gasteiger partial charge in [-0.1, -0.05) is 17.8 Å². The van der Waals surface area contributed by atoms with Crippen molar-refractivity contribution in [3.05, 3.63) is 50.7 Å². The number of benzene rings is 1. The summed E-state index contributed by atoms with van der Waals surface area (Å²) in [6, 6.07) is 8.33. The van der Waals surface area contributed by atoms with Crippen LogP contribution in [0.15, 0.2) is 40.9 Å². The molecule has 9 heteroatoms. The van der Waals surface area contributed by atoms with Gasteiger partial charge in [-0.2, -0.15) is 0 Å². The van der Waals surface area contributed by atoms with Crippen LogP contribution in [0.1, 0.15) is 4.88 Å². The van der Waals surface area contributed by atoms with Crippen molar-refractivity contribution in [1.82, 2.24) is 15.3 Å². The third kappa shape index (κ3) is 3.88. The predicted molar refractivity (Wildman–Crippen MR) is 89.6 cm³/mol. The summed E-state index contributed by atoms with van der Waals surface area (Å²) in [6.07, 6.45) is 0. The Bertz CT molecular complexity index is 845. The van der Waals surface area contributed by atoms with Gasteiger partial charge in [0.1, 0.15) is 0 Å². The van der Waals surface area contributed by atoms with Gasteiger partial charge in [0.05, 0.1) is 28.3 Å². The number of fused-ring (bicyclic) bond motifs is 1. The molecule has 0 bridgehead atoms. The van der Waals surface area contributed by atoms with Gasteiger partial charge in [-0.25, -0.2) is 4.98 Å². The fourth-order valence-electron chi connectivity index (χ4n) is 1.94. The normalized spacial score (nSPS) is 10.8. The van der Waals surface area contributed by atoms with Gasteiger partial charge in [0.2, 0.25) is 5.91 Å². The van der Waals surface area contributed by atoms with E-state index in [1.807, 2.05) is 17.5 Å². The lowest BCUT2D eigenvalue weighted by Crippen LogP contribution is -2.24. The molecule has 0 fully saturated rings. The molecule has 0 aliphatic rings. The van der Waals surface area contributed by atoms with E-state index in [1.54, 1.807) is 17.4 Å². The van der Waals surface area contributed by atoms with E-state index in [-0.39, 0.29) is 17.3 Å². The van der Waals surface area contributed by atoms with E-state index in [0.29, 0.717) is 22.7 Å². The number of aromatic nitrogens is 2. The second-order valence-electron chi connectivity index (χ2n) is 4.65. The number of rotatable bonds is 6. The molecule has 7 nitrogen and oxygen atoms in total. The summed E-state index contributed by atoms with van der Waals surface area (Å²) in [4.78, 5) is 30.5. The number of nitro benzene ring substituents is 1. The first-order chi connectivity index (χ1) is 11.1. The van der Waals surface area contributed by atoms with E-state index in [0.717, 1.165) is 4.88 Å². The van der Waals surface area contributed by atoms with Crippen molar-refractivity contribution in [2.24, 2.45) is 0 Å². The van der Waals surface area contributed by atoms with Gasteiger partial charge in [0.25, 0.3) is 5.69 Å². The van der Waals surface area contributed by atoms with Crippen LogP contribution in [0.4, 0.5) is 5.69 Å². The number of hydrogen-bond donors (Lipinski definition) is 2. The summed E-state index contributed by atoms with van der Waals surface area (Å²) < 4.78 is 0. The van der Waals surface area contributed by atoms with Crippen molar-refractivity contribution in [2.75, 3.05) is 5.75 Å². The van der Waals surface area contributed by atoms with Crippen molar-refractivity contribution in [3.8, 4) is 0 Å². The number of amides is 1. The smallest absolute Gasteiger partial charge is 0.271 e. The Kier molecular flexibility index (Phi) is 4.58. The highest BCUT2D eigenvalue weighted by Crippen LogP contribution is 2.23. The number of carbonyl (C=O) groups excluding carboxylic acids is 1. The van der Waals surface area contributed by atoms with Crippen LogP contribution in [0.2, 0.25) is 0 Å². The number of nitro groups is 1. The quantitative estimate of drug-likeness (QED) is 0.405. The highest BCUT2D eigenvalue weighted by Gasteiger charge is 2.11. The molecular weight excluding hydrogens is 336 g/mol. The molecule has 118 valence electrons. The molecule has 0 aliphatic carbocycles. The van der Waals surface area contributed by atoms with Crippen LogP contribution in [-0.4, -0.2) is 26.6 Å². The van der Waals surface area contributed by atoms with E-state index in [1.165, 1.54) is 23.9 Å². The Balaban J connectivity index is 1.58. The lowest BCUT2D eigenvalue weighted by Gasteiger charge is -2.01. The van der Waals surface area contributed by atoms with Crippen molar-refractivity contribution in [1.29, 1.82) is 0 Å². The maximum atomic E-state index is 11.8. The van der Waals surface area contributed by atoms with Crippen molar-refractivity contribution in [2.45, 2.75) is 11.7 Å². The first kappa shape index (κ1) is 15.5. The SMILES string of the molecule is O=C(CSc1nc2ccc([N+](=O)[O-])cc2[nH]1)NCc1cccs1. The molecule has 0 saturated carbocycles. The zero-order chi connectivity index (χ0) is 16.2. The van der Waals surface area contributed by atoms with Crippen LogP contribution < -0.4 is 5.32 Å². The first-order valence-electron chi connectivity index (χ1n) is 6.68. The third-order valence-corrected chi connectivity index (χ3v) is 4.78. The van der Waals surface area contributed by atoms with E-state index in [2.05, 4.69) is 15.3 Å². The third-order valence-electron chi connectivity index (χ3n) is 3.03. The number of hydrogen-bond acceptors (Lipinski definition) is 6. The van der Waals surface area contributed by atoms with Crippen LogP contribution in [0.3, 0.4) is 0 Å². The molecule has 0 radical (unpaired) electrons. The average molecular weight is 348 g/mol. The lowest BCUT2D eigenvalue weighted by molar-refractivity contribution is -0.384. The van der Waals surface area contributed by atoms with Gasteiger partial charge >= 0.3 is 0 Å². The van der Waals surface area contributed by atoms with Crippen LogP contribution in [-0.2, 0) is 11.3 Å². The Morgan fingerprint density at radius 2 is 2.30 bits per heavy atom. The lowest BCUT2D eigenvalue weighted by atomic mass is 10.3. The molecule has 2 aromatic heterocycles. The van der Waals surface area contributed by atoms with Crippen LogP contribution in [0.5, 0.6) is 0 Å². The number of thioether (sulfide) groups is 1. The highest BCUT2D eigenvalue weighted by atomic mass is 32.2. The summed E-state index contributed by atoms with van der Waals surface area (Å²) >= 11 is 2.85. The molecule has 0 unspecified atom stereocenters. The number of imidazole rings is 1. The number of non-ortho nitro benzene ring substituents is 1. The van der Waals surface area contributed by atoms with E-state index in [9.17, 15) is 14.9 Å². The maximum absolute atomic E-state index is 11.8. The van der Waals surface area contributed by atoms with E-state index in [4.69, 9.17) is 0 Å². The average Bonchev–Trinajstić information content (AvgIpc) is 3.18. The summed E-state index contributed by atoms with van der Waals surface area (Å²) in [5.74, 6) is 0.141. The van der Waals surface area contributed by atoms with Crippen molar-refractivity contribution >= 4 is 45.7 Å². The summed E-state index contributed by atoms with van der Waals surface area (Å²) in [5, 5.41) is 16.1. The monoisotopic (exact) mass is 348 g/mol. The first-order valence-corrected chi connectivity index (χ1v) is 8.54. The molecular formula is C14H12N4O3S2. The van der Waals surface area contributed by atoms with Gasteiger partial charge in [-0.15, -0.1) is 11.3 Å². The Hall–Kier alpha value is -2.39. The topological polar surface area (TPSA) is 101 Å². The standard InChI is InChI=1S/C14H12N4O3S2/c19-13(15-7-10-2-1-5-22-10)8-23-14-16-11-4-3-9(18(20)21)6-12(11)17-14/h1-6H,7-8H2,(H,15,19)(H,16,17). The summed E-state index contributed by atoms with van der Waals surface area (Å²) in [7, 11) is 0. The minimum Gasteiger partial charge on any atom is -0.350 e. The molecule has 2 heterocycles. The van der Waals surface area contributed by atoms with Gasteiger partial charge < -0.3 is 10.3 Å². The molecule has 2 N–H and O–H groups in total. The van der Waals surface area contributed by atoms with Crippen LogP contribution in [0, 0.1) is 10.1 Å². The number of aromatic amines is 1. The number of thiophene rings is 1.